The molecule has 17 heavy (non-hydrogen) atoms. The van der Waals surface area contributed by atoms with Gasteiger partial charge in [0.1, 0.15) is 5.76 Å². The molecule has 0 amide bonds. The molecule has 1 unspecified atom stereocenters. The van der Waals surface area contributed by atoms with E-state index in [0.717, 1.165) is 12.8 Å². The minimum absolute atomic E-state index is 0.209. The topological polar surface area (TPSA) is 62.6 Å². The van der Waals surface area contributed by atoms with Crippen LogP contribution in [0.25, 0.3) is 0 Å². The van der Waals surface area contributed by atoms with Crippen molar-refractivity contribution in [2.24, 2.45) is 5.92 Å². The van der Waals surface area contributed by atoms with E-state index in [0.29, 0.717) is 24.8 Å². The number of hydrogen-bond donors (Lipinski definition) is 1. The van der Waals surface area contributed by atoms with Crippen molar-refractivity contribution in [1.82, 2.24) is 9.03 Å². The summed E-state index contributed by atoms with van der Waals surface area (Å²) in [5.74, 6) is 1.06. The van der Waals surface area contributed by atoms with E-state index in [2.05, 4.69) is 11.6 Å². The molecule has 1 aromatic rings. The Hall–Kier alpha value is -0.850. The SMILES string of the molecule is CC1CCCN(S(=O)(=O)NCc2ccco2)C1. The van der Waals surface area contributed by atoms with E-state index in [-0.39, 0.29) is 6.54 Å². The van der Waals surface area contributed by atoms with Crippen molar-refractivity contribution in [2.75, 3.05) is 13.1 Å². The summed E-state index contributed by atoms with van der Waals surface area (Å²) in [7, 11) is -3.37. The molecule has 0 spiro atoms. The van der Waals surface area contributed by atoms with Crippen molar-refractivity contribution in [3.63, 3.8) is 0 Å². The van der Waals surface area contributed by atoms with Crippen LogP contribution in [-0.4, -0.2) is 25.8 Å². The zero-order valence-corrected chi connectivity index (χ0v) is 10.7. The summed E-state index contributed by atoms with van der Waals surface area (Å²) < 4.78 is 33.2. The predicted molar refractivity (Wildman–Crippen MR) is 64.4 cm³/mol. The average Bonchev–Trinajstić information content (AvgIpc) is 2.79. The first-order valence-corrected chi connectivity index (χ1v) is 7.29. The fourth-order valence-electron chi connectivity index (χ4n) is 2.03. The molecule has 1 aliphatic heterocycles. The van der Waals surface area contributed by atoms with Gasteiger partial charge in [-0.25, -0.2) is 0 Å². The van der Waals surface area contributed by atoms with Crippen molar-refractivity contribution in [1.29, 1.82) is 0 Å². The molecule has 1 N–H and O–H groups in total. The molecular weight excluding hydrogens is 240 g/mol. The van der Waals surface area contributed by atoms with E-state index in [9.17, 15) is 8.42 Å². The Bertz CT molecular complexity index is 441. The standard InChI is InChI=1S/C11H18N2O3S/c1-10-4-2-6-13(9-10)17(14,15)12-8-11-5-3-7-16-11/h3,5,7,10,12H,2,4,6,8-9H2,1H3. The lowest BCUT2D eigenvalue weighted by atomic mass is 10.0. The van der Waals surface area contributed by atoms with Crippen molar-refractivity contribution in [3.8, 4) is 0 Å². The molecule has 2 heterocycles. The van der Waals surface area contributed by atoms with Crippen LogP contribution in [0.3, 0.4) is 0 Å². The van der Waals surface area contributed by atoms with Gasteiger partial charge in [0.25, 0.3) is 10.2 Å². The third kappa shape index (κ3) is 3.31. The monoisotopic (exact) mass is 258 g/mol. The Morgan fingerprint density at radius 1 is 1.59 bits per heavy atom. The van der Waals surface area contributed by atoms with Crippen LogP contribution in [0.1, 0.15) is 25.5 Å². The zero-order valence-electron chi connectivity index (χ0n) is 9.93. The molecule has 6 heteroatoms. The van der Waals surface area contributed by atoms with Crippen molar-refractivity contribution in [2.45, 2.75) is 26.3 Å². The normalized spacial score (nSPS) is 22.8. The van der Waals surface area contributed by atoms with Gasteiger partial charge in [0.05, 0.1) is 12.8 Å². The largest absolute Gasteiger partial charge is 0.468 e. The average molecular weight is 258 g/mol. The molecule has 1 saturated heterocycles. The molecule has 1 atom stereocenters. The summed E-state index contributed by atoms with van der Waals surface area (Å²) >= 11 is 0. The third-order valence-electron chi connectivity index (χ3n) is 2.97. The highest BCUT2D eigenvalue weighted by Gasteiger charge is 2.26. The smallest absolute Gasteiger partial charge is 0.279 e. The highest BCUT2D eigenvalue weighted by Crippen LogP contribution is 2.17. The van der Waals surface area contributed by atoms with Crippen molar-refractivity contribution in [3.05, 3.63) is 24.2 Å². The minimum Gasteiger partial charge on any atom is -0.468 e. The molecule has 0 radical (unpaired) electrons. The fourth-order valence-corrected chi connectivity index (χ4v) is 3.36. The van der Waals surface area contributed by atoms with Crippen molar-refractivity contribution < 1.29 is 12.8 Å². The minimum atomic E-state index is -3.37. The van der Waals surface area contributed by atoms with Crippen LogP contribution in [0.4, 0.5) is 0 Å². The van der Waals surface area contributed by atoms with Gasteiger partial charge in [-0.15, -0.1) is 0 Å². The van der Waals surface area contributed by atoms with Gasteiger partial charge in [0.15, 0.2) is 0 Å². The summed E-state index contributed by atoms with van der Waals surface area (Å²) in [6.45, 7) is 3.50. The Morgan fingerprint density at radius 3 is 3.06 bits per heavy atom. The van der Waals surface area contributed by atoms with Gasteiger partial charge in [-0.2, -0.15) is 17.4 Å². The van der Waals surface area contributed by atoms with Gasteiger partial charge in [-0.1, -0.05) is 6.92 Å². The summed E-state index contributed by atoms with van der Waals surface area (Å²) in [5.41, 5.74) is 0. The predicted octanol–water partition coefficient (Wildman–Crippen LogP) is 1.35. The number of rotatable bonds is 4. The second kappa shape index (κ2) is 5.20. The molecule has 0 aromatic carbocycles. The highest BCUT2D eigenvalue weighted by atomic mass is 32.2. The Labute approximate surface area is 102 Å². The molecule has 1 fully saturated rings. The maximum atomic E-state index is 12.0. The van der Waals surface area contributed by atoms with Gasteiger partial charge in [0.2, 0.25) is 0 Å². The Balaban J connectivity index is 1.94. The first-order chi connectivity index (χ1) is 8.08. The molecule has 0 saturated carbocycles. The van der Waals surface area contributed by atoms with E-state index in [1.54, 1.807) is 12.1 Å². The molecule has 1 aliphatic rings. The maximum absolute atomic E-state index is 12.0. The maximum Gasteiger partial charge on any atom is 0.279 e. The van der Waals surface area contributed by atoms with Crippen LogP contribution in [0.2, 0.25) is 0 Å². The van der Waals surface area contributed by atoms with E-state index in [1.165, 1.54) is 10.6 Å². The van der Waals surface area contributed by atoms with E-state index >= 15 is 0 Å². The van der Waals surface area contributed by atoms with Crippen LogP contribution < -0.4 is 4.72 Å². The lowest BCUT2D eigenvalue weighted by molar-refractivity contribution is 0.277. The van der Waals surface area contributed by atoms with Crippen LogP contribution >= 0.6 is 0 Å². The number of hydrogen-bond acceptors (Lipinski definition) is 3. The molecule has 0 aliphatic carbocycles. The number of piperidine rings is 1. The fraction of sp³-hybridized carbons (Fsp3) is 0.636. The second-order valence-electron chi connectivity index (χ2n) is 4.51. The van der Waals surface area contributed by atoms with Gasteiger partial charge in [0, 0.05) is 13.1 Å². The molecule has 0 bridgehead atoms. The number of nitrogens with zero attached hydrogens (tertiary/aromatic N) is 1. The van der Waals surface area contributed by atoms with E-state index < -0.39 is 10.2 Å². The Kier molecular flexibility index (Phi) is 3.86. The second-order valence-corrected chi connectivity index (χ2v) is 6.27. The quantitative estimate of drug-likeness (QED) is 0.886. The number of furan rings is 1. The molecule has 1 aromatic heterocycles. The molecular formula is C11H18N2O3S. The molecule has 96 valence electrons. The summed E-state index contributed by atoms with van der Waals surface area (Å²) in [6.07, 6.45) is 3.57. The van der Waals surface area contributed by atoms with Crippen molar-refractivity contribution >= 4 is 10.2 Å². The van der Waals surface area contributed by atoms with Gasteiger partial charge in [-0.3, -0.25) is 0 Å². The summed E-state index contributed by atoms with van der Waals surface area (Å²) in [6, 6.07) is 3.49. The van der Waals surface area contributed by atoms with Crippen LogP contribution in [-0.2, 0) is 16.8 Å². The molecule has 2 rings (SSSR count). The highest BCUT2D eigenvalue weighted by molar-refractivity contribution is 7.87. The van der Waals surface area contributed by atoms with Gasteiger partial charge >= 0.3 is 0 Å². The molecule has 5 nitrogen and oxygen atoms in total. The van der Waals surface area contributed by atoms with Crippen LogP contribution in [0.15, 0.2) is 22.8 Å². The van der Waals surface area contributed by atoms with E-state index in [1.807, 2.05) is 0 Å². The summed E-state index contributed by atoms with van der Waals surface area (Å²) in [4.78, 5) is 0. The first kappa shape index (κ1) is 12.6. The summed E-state index contributed by atoms with van der Waals surface area (Å²) in [5, 5.41) is 0. The van der Waals surface area contributed by atoms with Gasteiger partial charge in [-0.05, 0) is 30.9 Å². The van der Waals surface area contributed by atoms with Crippen LogP contribution in [0, 0.1) is 5.92 Å². The first-order valence-electron chi connectivity index (χ1n) is 5.85. The zero-order chi connectivity index (χ0) is 12.3. The van der Waals surface area contributed by atoms with Crippen LogP contribution in [0.5, 0.6) is 0 Å². The lowest BCUT2D eigenvalue weighted by Crippen LogP contribution is -2.45. The van der Waals surface area contributed by atoms with E-state index in [4.69, 9.17) is 4.42 Å². The third-order valence-corrected chi connectivity index (χ3v) is 4.49. The number of nitrogens with one attached hydrogen (secondary N) is 1. The lowest BCUT2D eigenvalue weighted by Gasteiger charge is -2.29. The van der Waals surface area contributed by atoms with Gasteiger partial charge < -0.3 is 4.42 Å². The Morgan fingerprint density at radius 2 is 2.41 bits per heavy atom.